The molecule has 0 aliphatic rings. The first-order valence-electron chi connectivity index (χ1n) is 7.02. The van der Waals surface area contributed by atoms with Gasteiger partial charge in [0.1, 0.15) is 5.01 Å². The lowest BCUT2D eigenvalue weighted by Crippen LogP contribution is -1.94. The van der Waals surface area contributed by atoms with Gasteiger partial charge < -0.3 is 0 Å². The van der Waals surface area contributed by atoms with E-state index in [4.69, 9.17) is 0 Å². The molecule has 0 atom stereocenters. The van der Waals surface area contributed by atoms with Crippen LogP contribution < -0.4 is 0 Å². The summed E-state index contributed by atoms with van der Waals surface area (Å²) in [5, 5.41) is 2.84. The Morgan fingerprint density at radius 2 is 1.91 bits per heavy atom. The highest BCUT2D eigenvalue weighted by Gasteiger charge is 2.04. The Kier molecular flexibility index (Phi) is 4.26. The minimum absolute atomic E-state index is 0.000149. The smallest absolute Gasteiger partial charge is 0.185 e. The van der Waals surface area contributed by atoms with Crippen LogP contribution in [-0.4, -0.2) is 10.8 Å². The van der Waals surface area contributed by atoms with E-state index in [0.717, 1.165) is 21.8 Å². The highest BCUT2D eigenvalue weighted by Crippen LogP contribution is 2.22. The second-order valence-electron chi connectivity index (χ2n) is 5.00. The van der Waals surface area contributed by atoms with Gasteiger partial charge in [-0.3, -0.25) is 4.79 Å². The maximum Gasteiger partial charge on any atom is 0.185 e. The minimum Gasteiger partial charge on any atom is -0.289 e. The molecule has 108 valence electrons. The van der Waals surface area contributed by atoms with Gasteiger partial charge in [-0.05, 0) is 25.1 Å². The first-order chi connectivity index (χ1) is 10.7. The summed E-state index contributed by atoms with van der Waals surface area (Å²) in [6, 6.07) is 17.6. The molecule has 0 spiro atoms. The third-order valence-electron chi connectivity index (χ3n) is 3.27. The van der Waals surface area contributed by atoms with Crippen molar-refractivity contribution in [1.82, 2.24) is 4.98 Å². The second kappa shape index (κ2) is 6.50. The van der Waals surface area contributed by atoms with Crippen molar-refractivity contribution < 1.29 is 4.79 Å². The van der Waals surface area contributed by atoms with Crippen LogP contribution in [0.1, 0.15) is 20.9 Å². The zero-order chi connectivity index (χ0) is 15.4. The van der Waals surface area contributed by atoms with Crippen LogP contribution in [0.25, 0.3) is 17.3 Å². The molecule has 3 rings (SSSR count). The third kappa shape index (κ3) is 3.38. The normalized spacial score (nSPS) is 11.0. The standard InChI is InChI=1S/C19H15NOS/c1-14-6-5-9-16(12-14)18(21)10-11-19-20-17(13-22-19)15-7-3-2-4-8-15/h2-13H,1H3/b11-10+. The van der Waals surface area contributed by atoms with Gasteiger partial charge in [0.25, 0.3) is 0 Å². The lowest BCUT2D eigenvalue weighted by Gasteiger charge is -1.96. The van der Waals surface area contributed by atoms with Crippen molar-refractivity contribution in [3.8, 4) is 11.3 Å². The van der Waals surface area contributed by atoms with Gasteiger partial charge in [-0.1, -0.05) is 54.1 Å². The predicted octanol–water partition coefficient (Wildman–Crippen LogP) is 5.01. The summed E-state index contributed by atoms with van der Waals surface area (Å²) >= 11 is 1.53. The lowest BCUT2D eigenvalue weighted by atomic mass is 10.1. The monoisotopic (exact) mass is 305 g/mol. The fourth-order valence-electron chi connectivity index (χ4n) is 2.15. The molecule has 1 heterocycles. The van der Waals surface area contributed by atoms with Crippen LogP contribution >= 0.6 is 11.3 Å². The van der Waals surface area contributed by atoms with Gasteiger partial charge in [0.05, 0.1) is 5.69 Å². The van der Waals surface area contributed by atoms with Crippen LogP contribution in [-0.2, 0) is 0 Å². The Morgan fingerprint density at radius 3 is 2.68 bits per heavy atom. The first kappa shape index (κ1) is 14.4. The van der Waals surface area contributed by atoms with E-state index >= 15 is 0 Å². The Labute approximate surface area is 133 Å². The second-order valence-corrected chi connectivity index (χ2v) is 5.89. The van der Waals surface area contributed by atoms with Crippen molar-refractivity contribution in [1.29, 1.82) is 0 Å². The van der Waals surface area contributed by atoms with Crippen LogP contribution in [0.2, 0.25) is 0 Å². The first-order valence-corrected chi connectivity index (χ1v) is 7.90. The summed E-state index contributed by atoms with van der Waals surface area (Å²) in [5.74, 6) is 0.000149. The molecule has 0 fully saturated rings. The molecule has 3 aromatic rings. The molecule has 0 unspecified atom stereocenters. The van der Waals surface area contributed by atoms with E-state index in [0.29, 0.717) is 5.56 Å². The molecule has 1 aromatic heterocycles. The molecule has 0 amide bonds. The molecule has 0 aliphatic heterocycles. The number of aromatic nitrogens is 1. The Hall–Kier alpha value is -2.52. The molecule has 0 bridgehead atoms. The lowest BCUT2D eigenvalue weighted by molar-refractivity contribution is 0.104. The van der Waals surface area contributed by atoms with Gasteiger partial charge in [-0.25, -0.2) is 4.98 Å². The van der Waals surface area contributed by atoms with E-state index in [1.165, 1.54) is 11.3 Å². The van der Waals surface area contributed by atoms with Gasteiger partial charge in [-0.15, -0.1) is 11.3 Å². The quantitative estimate of drug-likeness (QED) is 0.500. The summed E-state index contributed by atoms with van der Waals surface area (Å²) in [6.45, 7) is 1.98. The van der Waals surface area contributed by atoms with E-state index in [-0.39, 0.29) is 5.78 Å². The Morgan fingerprint density at radius 1 is 1.09 bits per heavy atom. The number of carbonyl (C=O) groups is 1. The molecule has 2 aromatic carbocycles. The summed E-state index contributed by atoms with van der Waals surface area (Å²) in [5.41, 5.74) is 3.81. The number of hydrogen-bond donors (Lipinski definition) is 0. The van der Waals surface area contributed by atoms with E-state index in [9.17, 15) is 4.79 Å². The highest BCUT2D eigenvalue weighted by atomic mass is 32.1. The van der Waals surface area contributed by atoms with Crippen molar-refractivity contribution in [2.45, 2.75) is 6.92 Å². The summed E-state index contributed by atoms with van der Waals surface area (Å²) in [6.07, 6.45) is 3.37. The van der Waals surface area contributed by atoms with Gasteiger partial charge in [-0.2, -0.15) is 0 Å². The third-order valence-corrected chi connectivity index (χ3v) is 4.08. The Balaban J connectivity index is 1.76. The van der Waals surface area contributed by atoms with Crippen LogP contribution in [0.3, 0.4) is 0 Å². The molecule has 0 saturated carbocycles. The van der Waals surface area contributed by atoms with E-state index in [1.54, 1.807) is 12.2 Å². The summed E-state index contributed by atoms with van der Waals surface area (Å²) in [7, 11) is 0. The van der Waals surface area contributed by atoms with Crippen molar-refractivity contribution in [3.05, 3.63) is 82.2 Å². The molecule has 22 heavy (non-hydrogen) atoms. The molecule has 0 N–H and O–H groups in total. The molecule has 0 radical (unpaired) electrons. The molecular weight excluding hydrogens is 290 g/mol. The zero-order valence-corrected chi connectivity index (χ0v) is 13.0. The van der Waals surface area contributed by atoms with Crippen LogP contribution in [0.15, 0.2) is 66.1 Å². The van der Waals surface area contributed by atoms with E-state index in [2.05, 4.69) is 4.98 Å². The van der Waals surface area contributed by atoms with Gasteiger partial charge in [0, 0.05) is 16.5 Å². The van der Waals surface area contributed by atoms with Gasteiger partial charge in [0.2, 0.25) is 0 Å². The number of aryl methyl sites for hydroxylation is 1. The number of benzene rings is 2. The number of hydrogen-bond acceptors (Lipinski definition) is 3. The summed E-state index contributed by atoms with van der Waals surface area (Å²) in [4.78, 5) is 16.7. The van der Waals surface area contributed by atoms with Crippen LogP contribution in [0.5, 0.6) is 0 Å². The molecular formula is C19H15NOS. The predicted molar refractivity (Wildman–Crippen MR) is 92.1 cm³/mol. The number of rotatable bonds is 4. The number of carbonyl (C=O) groups excluding carboxylic acids is 1. The van der Waals surface area contributed by atoms with Crippen molar-refractivity contribution in [2.75, 3.05) is 0 Å². The Bertz CT molecular complexity index is 818. The highest BCUT2D eigenvalue weighted by molar-refractivity contribution is 7.10. The molecule has 2 nitrogen and oxygen atoms in total. The summed E-state index contributed by atoms with van der Waals surface area (Å²) < 4.78 is 0. The van der Waals surface area contributed by atoms with Crippen molar-refractivity contribution in [2.24, 2.45) is 0 Å². The molecule has 3 heteroatoms. The average molecular weight is 305 g/mol. The largest absolute Gasteiger partial charge is 0.289 e. The fourth-order valence-corrected chi connectivity index (χ4v) is 2.87. The van der Waals surface area contributed by atoms with Crippen molar-refractivity contribution >= 4 is 23.2 Å². The minimum atomic E-state index is 0.000149. The van der Waals surface area contributed by atoms with Crippen LogP contribution in [0, 0.1) is 6.92 Å². The molecule has 0 saturated heterocycles. The average Bonchev–Trinajstić information content (AvgIpc) is 3.02. The SMILES string of the molecule is Cc1cccc(C(=O)/C=C/c2nc(-c3ccccc3)cs2)c1. The fraction of sp³-hybridized carbons (Fsp3) is 0.0526. The number of nitrogens with zero attached hydrogens (tertiary/aromatic N) is 1. The van der Waals surface area contributed by atoms with E-state index < -0.39 is 0 Å². The maximum absolute atomic E-state index is 12.1. The van der Waals surface area contributed by atoms with Gasteiger partial charge >= 0.3 is 0 Å². The molecule has 0 aliphatic carbocycles. The topological polar surface area (TPSA) is 30.0 Å². The van der Waals surface area contributed by atoms with Gasteiger partial charge in [0.15, 0.2) is 5.78 Å². The van der Waals surface area contributed by atoms with Crippen molar-refractivity contribution in [3.63, 3.8) is 0 Å². The number of allylic oxidation sites excluding steroid dienone is 1. The number of thiazole rings is 1. The number of ketones is 1. The van der Waals surface area contributed by atoms with Crippen LogP contribution in [0.4, 0.5) is 0 Å². The maximum atomic E-state index is 12.1. The van der Waals surface area contributed by atoms with E-state index in [1.807, 2.05) is 66.9 Å². The zero-order valence-electron chi connectivity index (χ0n) is 12.2.